The Morgan fingerprint density at radius 2 is 1.82 bits per heavy atom. The van der Waals surface area contributed by atoms with E-state index < -0.39 is 9.84 Å². The summed E-state index contributed by atoms with van der Waals surface area (Å²) in [6.45, 7) is 0. The lowest BCUT2D eigenvalue weighted by molar-refractivity contribution is 0.531. The first-order valence-corrected chi connectivity index (χ1v) is 7.86. The lowest BCUT2D eigenvalue weighted by Gasteiger charge is -2.11. The molecule has 0 saturated heterocycles. The maximum Gasteiger partial charge on any atom is 0.175 e. The SMILES string of the molecule is CS(=O)(=O)c1ccccc1C1CC12CC=CC2. The van der Waals surface area contributed by atoms with Crippen LogP contribution in [0.5, 0.6) is 0 Å². The van der Waals surface area contributed by atoms with Crippen molar-refractivity contribution < 1.29 is 8.42 Å². The molecular formula is C14H16O2S. The number of hydrogen-bond acceptors (Lipinski definition) is 2. The first-order valence-electron chi connectivity index (χ1n) is 5.97. The second-order valence-corrected chi connectivity index (χ2v) is 7.29. The van der Waals surface area contributed by atoms with E-state index in [-0.39, 0.29) is 0 Å². The van der Waals surface area contributed by atoms with E-state index in [1.807, 2.05) is 18.2 Å². The first-order chi connectivity index (χ1) is 8.03. The maximum absolute atomic E-state index is 11.8. The smallest absolute Gasteiger partial charge is 0.175 e. The normalized spacial score (nSPS) is 25.4. The van der Waals surface area contributed by atoms with Crippen LogP contribution >= 0.6 is 0 Å². The molecule has 2 aliphatic carbocycles. The van der Waals surface area contributed by atoms with Gasteiger partial charge in [0.1, 0.15) is 0 Å². The Balaban J connectivity index is 2.00. The molecule has 0 amide bonds. The predicted octanol–water partition coefficient (Wildman–Crippen LogP) is 2.91. The van der Waals surface area contributed by atoms with Gasteiger partial charge in [0.15, 0.2) is 9.84 Å². The van der Waals surface area contributed by atoms with E-state index in [9.17, 15) is 8.42 Å². The molecule has 1 spiro atoms. The van der Waals surface area contributed by atoms with Crippen LogP contribution in [0, 0.1) is 5.41 Å². The Hall–Kier alpha value is -1.09. The second-order valence-electron chi connectivity index (χ2n) is 5.31. The molecule has 0 aromatic heterocycles. The highest BCUT2D eigenvalue weighted by atomic mass is 32.2. The van der Waals surface area contributed by atoms with Gasteiger partial charge < -0.3 is 0 Å². The summed E-state index contributed by atoms with van der Waals surface area (Å²) in [5, 5.41) is 0. The van der Waals surface area contributed by atoms with Crippen LogP contribution in [-0.2, 0) is 9.84 Å². The zero-order chi connectivity index (χ0) is 12.1. The molecule has 17 heavy (non-hydrogen) atoms. The van der Waals surface area contributed by atoms with Crippen molar-refractivity contribution >= 4 is 9.84 Å². The Bertz CT molecular complexity index is 576. The maximum atomic E-state index is 11.8. The minimum Gasteiger partial charge on any atom is -0.224 e. The van der Waals surface area contributed by atoms with Crippen molar-refractivity contribution in [3.05, 3.63) is 42.0 Å². The van der Waals surface area contributed by atoms with Crippen LogP contribution in [-0.4, -0.2) is 14.7 Å². The van der Waals surface area contributed by atoms with Gasteiger partial charge in [-0.05, 0) is 42.2 Å². The molecule has 3 rings (SSSR count). The van der Waals surface area contributed by atoms with Gasteiger partial charge in [-0.25, -0.2) is 8.42 Å². The van der Waals surface area contributed by atoms with Crippen molar-refractivity contribution in [3.8, 4) is 0 Å². The summed E-state index contributed by atoms with van der Waals surface area (Å²) in [5.74, 6) is 0.434. The number of allylic oxidation sites excluding steroid dienone is 2. The summed E-state index contributed by atoms with van der Waals surface area (Å²) in [4.78, 5) is 0.522. The van der Waals surface area contributed by atoms with Crippen LogP contribution in [0.4, 0.5) is 0 Å². The minimum atomic E-state index is -3.11. The summed E-state index contributed by atoms with van der Waals surface area (Å²) in [6.07, 6.45) is 9.10. The number of hydrogen-bond donors (Lipinski definition) is 0. The molecule has 2 aliphatic rings. The van der Waals surface area contributed by atoms with E-state index in [0.717, 1.165) is 24.8 Å². The van der Waals surface area contributed by atoms with Crippen LogP contribution in [0.2, 0.25) is 0 Å². The number of sulfone groups is 1. The van der Waals surface area contributed by atoms with Crippen LogP contribution in [0.25, 0.3) is 0 Å². The van der Waals surface area contributed by atoms with Gasteiger partial charge in [0.05, 0.1) is 4.90 Å². The van der Waals surface area contributed by atoms with E-state index in [0.29, 0.717) is 16.2 Å². The van der Waals surface area contributed by atoms with Crippen molar-refractivity contribution in [1.82, 2.24) is 0 Å². The second kappa shape index (κ2) is 3.45. The summed E-state index contributed by atoms with van der Waals surface area (Å²) in [7, 11) is -3.11. The van der Waals surface area contributed by atoms with E-state index >= 15 is 0 Å². The molecule has 0 radical (unpaired) electrons. The Morgan fingerprint density at radius 1 is 1.18 bits per heavy atom. The molecule has 1 aromatic carbocycles. The average molecular weight is 248 g/mol. The molecular weight excluding hydrogens is 232 g/mol. The summed E-state index contributed by atoms with van der Waals surface area (Å²) < 4.78 is 23.5. The average Bonchev–Trinajstić information content (AvgIpc) is 2.75. The van der Waals surface area contributed by atoms with Crippen molar-refractivity contribution in [2.75, 3.05) is 6.26 Å². The zero-order valence-electron chi connectivity index (χ0n) is 9.89. The minimum absolute atomic E-state index is 0.348. The summed E-state index contributed by atoms with van der Waals surface area (Å²) in [6, 6.07) is 7.47. The Morgan fingerprint density at radius 3 is 2.47 bits per heavy atom. The Kier molecular flexibility index (Phi) is 2.24. The highest BCUT2D eigenvalue weighted by molar-refractivity contribution is 7.90. The highest BCUT2D eigenvalue weighted by Crippen LogP contribution is 2.66. The molecule has 0 aliphatic heterocycles. The third kappa shape index (κ3) is 1.73. The van der Waals surface area contributed by atoms with Gasteiger partial charge >= 0.3 is 0 Å². The van der Waals surface area contributed by atoms with Crippen LogP contribution in [0.15, 0.2) is 41.3 Å². The summed E-state index contributed by atoms with van der Waals surface area (Å²) >= 11 is 0. The van der Waals surface area contributed by atoms with Crippen LogP contribution in [0.3, 0.4) is 0 Å². The largest absolute Gasteiger partial charge is 0.224 e. The van der Waals surface area contributed by atoms with Gasteiger partial charge in [-0.2, -0.15) is 0 Å². The number of rotatable bonds is 2. The molecule has 1 atom stereocenters. The first kappa shape index (κ1) is 11.0. The van der Waals surface area contributed by atoms with E-state index in [4.69, 9.17) is 0 Å². The quantitative estimate of drug-likeness (QED) is 0.754. The highest BCUT2D eigenvalue weighted by Gasteiger charge is 2.55. The van der Waals surface area contributed by atoms with Gasteiger partial charge in [-0.15, -0.1) is 0 Å². The molecule has 0 N–H and O–H groups in total. The predicted molar refractivity (Wildman–Crippen MR) is 67.7 cm³/mol. The van der Waals surface area contributed by atoms with Crippen molar-refractivity contribution in [2.24, 2.45) is 5.41 Å². The molecule has 90 valence electrons. The standard InChI is InChI=1S/C14H16O2S/c1-17(15,16)13-7-3-2-6-11(13)12-10-14(12)8-4-5-9-14/h2-7,12H,8-10H2,1H3. The topological polar surface area (TPSA) is 34.1 Å². The molecule has 1 unspecified atom stereocenters. The molecule has 0 heterocycles. The third-order valence-corrected chi connectivity index (χ3v) is 5.27. The Labute approximate surface area is 102 Å². The van der Waals surface area contributed by atoms with E-state index in [1.165, 1.54) is 6.26 Å². The van der Waals surface area contributed by atoms with Crippen molar-refractivity contribution in [3.63, 3.8) is 0 Å². The zero-order valence-corrected chi connectivity index (χ0v) is 10.7. The van der Waals surface area contributed by atoms with Crippen molar-refractivity contribution in [1.29, 1.82) is 0 Å². The molecule has 0 bridgehead atoms. The number of benzene rings is 1. The summed E-state index contributed by atoms with van der Waals surface area (Å²) in [5.41, 5.74) is 1.37. The van der Waals surface area contributed by atoms with Crippen LogP contribution in [0.1, 0.15) is 30.7 Å². The van der Waals surface area contributed by atoms with E-state index in [2.05, 4.69) is 12.2 Å². The van der Waals surface area contributed by atoms with Gasteiger partial charge in [-0.3, -0.25) is 0 Å². The van der Waals surface area contributed by atoms with Crippen molar-refractivity contribution in [2.45, 2.75) is 30.1 Å². The molecule has 2 nitrogen and oxygen atoms in total. The molecule has 1 saturated carbocycles. The van der Waals surface area contributed by atoms with Crippen LogP contribution < -0.4 is 0 Å². The van der Waals surface area contributed by atoms with Gasteiger partial charge in [-0.1, -0.05) is 30.4 Å². The monoisotopic (exact) mass is 248 g/mol. The molecule has 1 fully saturated rings. The fourth-order valence-electron chi connectivity index (χ4n) is 3.06. The molecule has 1 aromatic rings. The van der Waals surface area contributed by atoms with Gasteiger partial charge in [0, 0.05) is 6.26 Å². The fourth-order valence-corrected chi connectivity index (χ4v) is 4.03. The lowest BCUT2D eigenvalue weighted by atomic mass is 9.97. The van der Waals surface area contributed by atoms with Gasteiger partial charge in [0.2, 0.25) is 0 Å². The third-order valence-electron chi connectivity index (χ3n) is 4.10. The molecule has 3 heteroatoms. The van der Waals surface area contributed by atoms with Gasteiger partial charge in [0.25, 0.3) is 0 Å². The lowest BCUT2D eigenvalue weighted by Crippen LogP contribution is -2.04. The fraction of sp³-hybridized carbons (Fsp3) is 0.429. The van der Waals surface area contributed by atoms with E-state index in [1.54, 1.807) is 6.07 Å².